The molecule has 0 amide bonds. The van der Waals surface area contributed by atoms with E-state index in [1.165, 1.54) is 4.88 Å². The Balaban J connectivity index is 2.20. The summed E-state index contributed by atoms with van der Waals surface area (Å²) in [6.07, 6.45) is 0.889. The lowest BCUT2D eigenvalue weighted by atomic mass is 10.2. The molecular weight excluding hydrogens is 296 g/mol. The van der Waals surface area contributed by atoms with E-state index < -0.39 is 0 Å². The zero-order valence-electron chi connectivity index (χ0n) is 11.7. The summed E-state index contributed by atoms with van der Waals surface area (Å²) in [6.45, 7) is 4.68. The molecule has 0 saturated carbocycles. The van der Waals surface area contributed by atoms with Crippen molar-refractivity contribution >= 4 is 28.9 Å². The molecule has 108 valence electrons. The van der Waals surface area contributed by atoms with E-state index in [9.17, 15) is 0 Å². The molecule has 2 aromatic heterocycles. The van der Waals surface area contributed by atoms with Gasteiger partial charge in [-0.1, -0.05) is 13.0 Å². The van der Waals surface area contributed by atoms with E-state index in [1.54, 1.807) is 11.3 Å². The number of rotatable bonds is 6. The predicted molar refractivity (Wildman–Crippen MR) is 81.8 cm³/mol. The van der Waals surface area contributed by atoms with Crippen molar-refractivity contribution in [2.24, 2.45) is 0 Å². The molecule has 1 atom stereocenters. The topological polar surface area (TPSA) is 51.1 Å². The molecule has 5 nitrogen and oxygen atoms in total. The van der Waals surface area contributed by atoms with E-state index in [1.807, 2.05) is 24.9 Å². The molecule has 0 bridgehead atoms. The maximum absolute atomic E-state index is 5.94. The molecule has 7 heteroatoms. The van der Waals surface area contributed by atoms with E-state index in [0.29, 0.717) is 12.6 Å². The van der Waals surface area contributed by atoms with Gasteiger partial charge in [0, 0.05) is 11.9 Å². The van der Waals surface area contributed by atoms with Crippen LogP contribution in [0.15, 0.2) is 17.5 Å². The molecule has 2 heterocycles. The molecule has 0 saturated heterocycles. The number of thiophene rings is 1. The second kappa shape index (κ2) is 6.85. The van der Waals surface area contributed by atoms with Crippen LogP contribution in [0.2, 0.25) is 5.28 Å². The van der Waals surface area contributed by atoms with Crippen LogP contribution in [0.3, 0.4) is 0 Å². The number of ether oxygens (including phenoxy) is 1. The van der Waals surface area contributed by atoms with Crippen molar-refractivity contribution in [1.82, 2.24) is 15.0 Å². The number of anilines is 1. The molecule has 0 spiro atoms. The van der Waals surface area contributed by atoms with Crippen molar-refractivity contribution < 1.29 is 4.74 Å². The highest BCUT2D eigenvalue weighted by molar-refractivity contribution is 7.10. The summed E-state index contributed by atoms with van der Waals surface area (Å²) >= 11 is 7.64. The zero-order chi connectivity index (χ0) is 14.5. The largest absolute Gasteiger partial charge is 0.463 e. The van der Waals surface area contributed by atoms with Crippen molar-refractivity contribution in [2.75, 3.05) is 18.6 Å². The third-order valence-electron chi connectivity index (χ3n) is 2.86. The molecule has 0 N–H and O–H groups in total. The van der Waals surface area contributed by atoms with Gasteiger partial charge in [0.05, 0.1) is 12.6 Å². The zero-order valence-corrected chi connectivity index (χ0v) is 13.3. The van der Waals surface area contributed by atoms with Gasteiger partial charge in [-0.05, 0) is 36.4 Å². The highest BCUT2D eigenvalue weighted by atomic mass is 35.5. The summed E-state index contributed by atoms with van der Waals surface area (Å²) in [5.74, 6) is 0.511. The summed E-state index contributed by atoms with van der Waals surface area (Å²) in [6, 6.07) is 4.54. The predicted octanol–water partition coefficient (Wildman–Crippen LogP) is 3.57. The van der Waals surface area contributed by atoms with Crippen LogP contribution in [0.1, 0.15) is 31.2 Å². The summed E-state index contributed by atoms with van der Waals surface area (Å²) in [5, 5.41) is 2.20. The van der Waals surface area contributed by atoms with Gasteiger partial charge < -0.3 is 9.64 Å². The van der Waals surface area contributed by atoms with Crippen LogP contribution in [0.25, 0.3) is 0 Å². The first-order valence-electron chi connectivity index (χ1n) is 6.42. The Morgan fingerprint density at radius 2 is 2.20 bits per heavy atom. The fourth-order valence-corrected chi connectivity index (χ4v) is 2.61. The first kappa shape index (κ1) is 15.0. The van der Waals surface area contributed by atoms with Crippen LogP contribution in [0, 0.1) is 0 Å². The van der Waals surface area contributed by atoms with Crippen LogP contribution in [-0.2, 0) is 0 Å². The average molecular weight is 313 g/mol. The molecule has 20 heavy (non-hydrogen) atoms. The van der Waals surface area contributed by atoms with Gasteiger partial charge in [0.1, 0.15) is 0 Å². The molecule has 0 aliphatic carbocycles. The minimum atomic E-state index is 0.145. The highest BCUT2D eigenvalue weighted by Crippen LogP contribution is 2.27. The second-order valence-electron chi connectivity index (χ2n) is 4.34. The first-order valence-corrected chi connectivity index (χ1v) is 7.68. The number of aromatic nitrogens is 3. The molecule has 0 aliphatic heterocycles. The van der Waals surface area contributed by atoms with E-state index in [0.717, 1.165) is 6.42 Å². The lowest BCUT2D eigenvalue weighted by molar-refractivity contribution is 0.291. The van der Waals surface area contributed by atoms with Gasteiger partial charge in [-0.3, -0.25) is 0 Å². The first-order chi connectivity index (χ1) is 9.61. The molecule has 1 unspecified atom stereocenters. The molecule has 0 fully saturated rings. The summed E-state index contributed by atoms with van der Waals surface area (Å²) in [4.78, 5) is 15.6. The van der Waals surface area contributed by atoms with Gasteiger partial charge in [-0.15, -0.1) is 11.3 Å². The number of hydrogen-bond acceptors (Lipinski definition) is 6. The van der Waals surface area contributed by atoms with E-state index in [-0.39, 0.29) is 17.3 Å². The Kier molecular flexibility index (Phi) is 5.14. The molecule has 0 aromatic carbocycles. The Hall–Kier alpha value is -1.40. The number of nitrogens with zero attached hydrogens (tertiary/aromatic N) is 4. The van der Waals surface area contributed by atoms with E-state index >= 15 is 0 Å². The summed E-state index contributed by atoms with van der Waals surface area (Å²) < 4.78 is 5.43. The third kappa shape index (κ3) is 3.58. The van der Waals surface area contributed by atoms with Crippen molar-refractivity contribution in [3.05, 3.63) is 27.7 Å². The highest BCUT2D eigenvalue weighted by Gasteiger charge is 2.17. The van der Waals surface area contributed by atoms with Gasteiger partial charge in [-0.25, -0.2) is 0 Å². The Bertz CT molecular complexity index is 549. The molecule has 0 radical (unpaired) electrons. The van der Waals surface area contributed by atoms with Crippen LogP contribution < -0.4 is 9.64 Å². The van der Waals surface area contributed by atoms with Gasteiger partial charge in [-0.2, -0.15) is 15.0 Å². The normalized spacial score (nSPS) is 12.2. The Morgan fingerprint density at radius 3 is 2.85 bits per heavy atom. The maximum atomic E-state index is 5.94. The van der Waals surface area contributed by atoms with E-state index in [4.69, 9.17) is 16.3 Å². The Morgan fingerprint density at radius 1 is 1.40 bits per heavy atom. The van der Waals surface area contributed by atoms with Crippen molar-refractivity contribution in [1.29, 1.82) is 0 Å². The molecule has 0 aliphatic rings. The Labute approximate surface area is 127 Å². The number of hydrogen-bond donors (Lipinski definition) is 0. The van der Waals surface area contributed by atoms with Crippen LogP contribution in [-0.4, -0.2) is 28.6 Å². The minimum Gasteiger partial charge on any atom is -0.463 e. The quantitative estimate of drug-likeness (QED) is 0.816. The van der Waals surface area contributed by atoms with Crippen LogP contribution in [0.5, 0.6) is 6.01 Å². The lowest BCUT2D eigenvalue weighted by Gasteiger charge is -2.24. The standard InChI is InChI=1S/C13H17ClN4OS/c1-4-7-19-13-16-11(14)15-12(17-13)18(3)9(2)10-6-5-8-20-10/h5-6,8-9H,4,7H2,1-3H3. The van der Waals surface area contributed by atoms with Crippen LogP contribution >= 0.6 is 22.9 Å². The smallest absolute Gasteiger partial charge is 0.322 e. The SMILES string of the molecule is CCCOc1nc(Cl)nc(N(C)C(C)c2cccs2)n1. The second-order valence-corrected chi connectivity index (χ2v) is 5.66. The fourth-order valence-electron chi connectivity index (χ4n) is 1.63. The van der Waals surface area contributed by atoms with Crippen molar-refractivity contribution in [3.63, 3.8) is 0 Å². The fraction of sp³-hybridized carbons (Fsp3) is 0.462. The third-order valence-corrected chi connectivity index (χ3v) is 4.07. The van der Waals surface area contributed by atoms with E-state index in [2.05, 4.69) is 33.3 Å². The van der Waals surface area contributed by atoms with Crippen molar-refractivity contribution in [3.8, 4) is 6.01 Å². The van der Waals surface area contributed by atoms with Gasteiger partial charge in [0.2, 0.25) is 11.2 Å². The molecular formula is C13H17ClN4OS. The monoisotopic (exact) mass is 312 g/mol. The van der Waals surface area contributed by atoms with Gasteiger partial charge in [0.25, 0.3) is 0 Å². The van der Waals surface area contributed by atoms with Crippen LogP contribution in [0.4, 0.5) is 5.95 Å². The van der Waals surface area contributed by atoms with Gasteiger partial charge in [0.15, 0.2) is 0 Å². The maximum Gasteiger partial charge on any atom is 0.322 e. The molecule has 2 aromatic rings. The summed E-state index contributed by atoms with van der Waals surface area (Å²) in [5.41, 5.74) is 0. The lowest BCUT2D eigenvalue weighted by Crippen LogP contribution is -2.23. The van der Waals surface area contributed by atoms with Gasteiger partial charge >= 0.3 is 6.01 Å². The number of halogens is 1. The average Bonchev–Trinajstić information content (AvgIpc) is 2.97. The molecule has 2 rings (SSSR count). The summed E-state index contributed by atoms with van der Waals surface area (Å²) in [7, 11) is 1.93. The minimum absolute atomic E-state index is 0.145. The van der Waals surface area contributed by atoms with Crippen molar-refractivity contribution in [2.45, 2.75) is 26.3 Å².